The molecule has 142 valence electrons. The number of carbonyl (C=O) groups excluding carboxylic acids is 2. The first kappa shape index (κ1) is 20.2. The predicted octanol–water partition coefficient (Wildman–Crippen LogP) is 3.24. The normalized spacial score (nSPS) is 12.7. The van der Waals surface area contributed by atoms with E-state index in [0.29, 0.717) is 16.9 Å². The van der Waals surface area contributed by atoms with Gasteiger partial charge in [-0.05, 0) is 36.8 Å². The summed E-state index contributed by atoms with van der Waals surface area (Å²) in [5, 5.41) is 12.1. The minimum absolute atomic E-state index is 0.0134. The van der Waals surface area contributed by atoms with E-state index in [2.05, 4.69) is 5.32 Å². The summed E-state index contributed by atoms with van der Waals surface area (Å²) >= 11 is 0. The summed E-state index contributed by atoms with van der Waals surface area (Å²) in [7, 11) is 1.54. The number of carbonyl (C=O) groups is 3. The SMILES string of the molecule is COc1ccc(C(=O)CCC(=O)NC(c2ccccc2)C(C)C(=O)O)cc1. The molecule has 2 unspecified atom stereocenters. The molecule has 1 amide bonds. The van der Waals surface area contributed by atoms with Crippen molar-refractivity contribution in [3.63, 3.8) is 0 Å². The highest BCUT2D eigenvalue weighted by molar-refractivity contribution is 5.98. The summed E-state index contributed by atoms with van der Waals surface area (Å²) in [6, 6.07) is 15.0. The molecule has 2 rings (SSSR count). The maximum atomic E-state index is 12.3. The van der Waals surface area contributed by atoms with Crippen LogP contribution in [0.2, 0.25) is 0 Å². The van der Waals surface area contributed by atoms with Crippen molar-refractivity contribution in [2.45, 2.75) is 25.8 Å². The van der Waals surface area contributed by atoms with Crippen LogP contribution in [0, 0.1) is 5.92 Å². The van der Waals surface area contributed by atoms with Crippen LogP contribution in [0.15, 0.2) is 54.6 Å². The zero-order chi connectivity index (χ0) is 19.8. The predicted molar refractivity (Wildman–Crippen MR) is 101 cm³/mol. The molecule has 0 aromatic heterocycles. The Morgan fingerprint density at radius 1 is 1.00 bits per heavy atom. The molecule has 6 nitrogen and oxygen atoms in total. The molecular weight excluding hydrogens is 346 g/mol. The number of carboxylic acid groups (broad SMARTS) is 1. The van der Waals surface area contributed by atoms with Crippen LogP contribution < -0.4 is 10.1 Å². The van der Waals surface area contributed by atoms with Gasteiger partial charge in [-0.15, -0.1) is 0 Å². The van der Waals surface area contributed by atoms with E-state index in [4.69, 9.17) is 4.74 Å². The molecule has 6 heteroatoms. The topological polar surface area (TPSA) is 92.7 Å². The van der Waals surface area contributed by atoms with Crippen LogP contribution in [0.1, 0.15) is 41.7 Å². The van der Waals surface area contributed by atoms with E-state index in [9.17, 15) is 19.5 Å². The molecule has 0 saturated carbocycles. The minimum atomic E-state index is -1.00. The molecule has 0 aliphatic carbocycles. The fraction of sp³-hybridized carbons (Fsp3) is 0.286. The van der Waals surface area contributed by atoms with E-state index in [0.717, 1.165) is 0 Å². The van der Waals surface area contributed by atoms with E-state index in [1.807, 2.05) is 6.07 Å². The van der Waals surface area contributed by atoms with Gasteiger partial charge in [0, 0.05) is 18.4 Å². The third kappa shape index (κ3) is 5.67. The maximum absolute atomic E-state index is 12.3. The molecule has 2 atom stereocenters. The third-order valence-corrected chi connectivity index (χ3v) is 4.36. The monoisotopic (exact) mass is 369 g/mol. The van der Waals surface area contributed by atoms with Crippen molar-refractivity contribution in [3.8, 4) is 5.75 Å². The van der Waals surface area contributed by atoms with Crippen LogP contribution in [0.5, 0.6) is 5.75 Å². The Balaban J connectivity index is 1.98. The lowest BCUT2D eigenvalue weighted by molar-refractivity contribution is -0.142. The molecule has 0 bridgehead atoms. The summed E-state index contributed by atoms with van der Waals surface area (Å²) in [5.41, 5.74) is 1.21. The van der Waals surface area contributed by atoms with Crippen LogP contribution in [0.3, 0.4) is 0 Å². The zero-order valence-corrected chi connectivity index (χ0v) is 15.3. The number of ether oxygens (including phenoxy) is 1. The number of amides is 1. The van der Waals surface area contributed by atoms with Gasteiger partial charge in [0.25, 0.3) is 0 Å². The van der Waals surface area contributed by atoms with E-state index in [1.165, 1.54) is 0 Å². The molecule has 27 heavy (non-hydrogen) atoms. The Kier molecular flexibility index (Phi) is 7.11. The number of carboxylic acids is 1. The highest BCUT2D eigenvalue weighted by Gasteiger charge is 2.26. The first-order chi connectivity index (χ1) is 12.9. The largest absolute Gasteiger partial charge is 0.497 e. The van der Waals surface area contributed by atoms with Gasteiger partial charge < -0.3 is 15.2 Å². The number of Topliss-reactive ketones (excluding diaryl/α,β-unsaturated/α-hetero) is 1. The maximum Gasteiger partial charge on any atom is 0.308 e. The number of rotatable bonds is 9. The second kappa shape index (κ2) is 9.52. The number of aliphatic carboxylic acids is 1. The second-order valence-electron chi connectivity index (χ2n) is 6.23. The molecule has 0 saturated heterocycles. The number of nitrogens with one attached hydrogen (secondary N) is 1. The van der Waals surface area contributed by atoms with Crippen molar-refractivity contribution < 1.29 is 24.2 Å². The third-order valence-electron chi connectivity index (χ3n) is 4.36. The van der Waals surface area contributed by atoms with Crippen molar-refractivity contribution in [2.75, 3.05) is 7.11 Å². The van der Waals surface area contributed by atoms with Crippen LogP contribution >= 0.6 is 0 Å². The van der Waals surface area contributed by atoms with Gasteiger partial charge in [0.2, 0.25) is 5.91 Å². The quantitative estimate of drug-likeness (QED) is 0.662. The molecule has 0 radical (unpaired) electrons. The van der Waals surface area contributed by atoms with Gasteiger partial charge in [0.05, 0.1) is 19.1 Å². The van der Waals surface area contributed by atoms with Crippen LogP contribution in [0.25, 0.3) is 0 Å². The molecule has 0 fully saturated rings. The van der Waals surface area contributed by atoms with Gasteiger partial charge in [-0.2, -0.15) is 0 Å². The van der Waals surface area contributed by atoms with Gasteiger partial charge in [0.1, 0.15) is 5.75 Å². The Hall–Kier alpha value is -3.15. The van der Waals surface area contributed by atoms with Crippen molar-refractivity contribution in [1.29, 1.82) is 0 Å². The van der Waals surface area contributed by atoms with Crippen molar-refractivity contribution >= 4 is 17.7 Å². The van der Waals surface area contributed by atoms with E-state index in [1.54, 1.807) is 62.6 Å². The number of benzene rings is 2. The Bertz CT molecular complexity index is 786. The van der Waals surface area contributed by atoms with Gasteiger partial charge in [-0.3, -0.25) is 14.4 Å². The number of ketones is 1. The highest BCUT2D eigenvalue weighted by Crippen LogP contribution is 2.22. The smallest absolute Gasteiger partial charge is 0.308 e. The van der Waals surface area contributed by atoms with Gasteiger partial charge in [0.15, 0.2) is 5.78 Å². The Morgan fingerprint density at radius 3 is 2.19 bits per heavy atom. The summed E-state index contributed by atoms with van der Waals surface area (Å²) in [6.45, 7) is 1.54. The first-order valence-corrected chi connectivity index (χ1v) is 8.66. The molecule has 2 N–H and O–H groups in total. The fourth-order valence-electron chi connectivity index (χ4n) is 2.69. The van der Waals surface area contributed by atoms with Crippen molar-refractivity contribution in [3.05, 3.63) is 65.7 Å². The van der Waals surface area contributed by atoms with Crippen LogP contribution in [-0.4, -0.2) is 29.9 Å². The molecule has 2 aromatic rings. The Morgan fingerprint density at radius 2 is 1.63 bits per heavy atom. The molecule has 2 aromatic carbocycles. The average Bonchev–Trinajstić information content (AvgIpc) is 2.70. The van der Waals surface area contributed by atoms with Gasteiger partial charge >= 0.3 is 5.97 Å². The zero-order valence-electron chi connectivity index (χ0n) is 15.3. The summed E-state index contributed by atoms with van der Waals surface area (Å²) in [4.78, 5) is 35.9. The van der Waals surface area contributed by atoms with Crippen molar-refractivity contribution in [1.82, 2.24) is 5.32 Å². The molecule has 0 aliphatic heterocycles. The second-order valence-corrected chi connectivity index (χ2v) is 6.23. The number of hydrogen-bond donors (Lipinski definition) is 2. The first-order valence-electron chi connectivity index (χ1n) is 8.66. The van der Waals surface area contributed by atoms with Crippen LogP contribution in [-0.2, 0) is 9.59 Å². The lowest BCUT2D eigenvalue weighted by Gasteiger charge is -2.23. The lowest BCUT2D eigenvalue weighted by atomic mass is 9.94. The van der Waals surface area contributed by atoms with Crippen LogP contribution in [0.4, 0.5) is 0 Å². The van der Waals surface area contributed by atoms with Gasteiger partial charge in [-0.25, -0.2) is 0 Å². The van der Waals surface area contributed by atoms with E-state index >= 15 is 0 Å². The summed E-state index contributed by atoms with van der Waals surface area (Å²) in [6.07, 6.45) is 0.0294. The summed E-state index contributed by atoms with van der Waals surface area (Å²) in [5.74, 6) is -1.67. The molecular formula is C21H23NO5. The molecule has 0 spiro atoms. The lowest BCUT2D eigenvalue weighted by Crippen LogP contribution is -2.35. The average molecular weight is 369 g/mol. The molecule has 0 heterocycles. The Labute approximate surface area is 158 Å². The minimum Gasteiger partial charge on any atom is -0.497 e. The number of methoxy groups -OCH3 is 1. The number of hydrogen-bond acceptors (Lipinski definition) is 4. The van der Waals surface area contributed by atoms with Crippen molar-refractivity contribution in [2.24, 2.45) is 5.92 Å². The van der Waals surface area contributed by atoms with Gasteiger partial charge in [-0.1, -0.05) is 30.3 Å². The molecule has 0 aliphatic rings. The fourth-order valence-corrected chi connectivity index (χ4v) is 2.69. The summed E-state index contributed by atoms with van der Waals surface area (Å²) < 4.78 is 5.05. The van der Waals surface area contributed by atoms with E-state index in [-0.39, 0.29) is 24.5 Å². The highest BCUT2D eigenvalue weighted by atomic mass is 16.5. The van der Waals surface area contributed by atoms with E-state index < -0.39 is 17.9 Å². The standard InChI is InChI=1S/C21H23NO5/c1-14(21(25)26)20(16-6-4-3-5-7-16)22-19(24)13-12-18(23)15-8-10-17(27-2)11-9-15/h3-11,14,20H,12-13H2,1-2H3,(H,22,24)(H,25,26).